The summed E-state index contributed by atoms with van der Waals surface area (Å²) in [5.74, 6) is 0. The Labute approximate surface area is 171 Å². The summed E-state index contributed by atoms with van der Waals surface area (Å²) < 4.78 is 33.6. The van der Waals surface area contributed by atoms with Gasteiger partial charge in [-0.3, -0.25) is 4.90 Å². The lowest BCUT2D eigenvalue weighted by Gasteiger charge is -2.37. The zero-order valence-electron chi connectivity index (χ0n) is 16.0. The smallest absolute Gasteiger partial charge is 0.240 e. The van der Waals surface area contributed by atoms with Crippen molar-refractivity contribution < 1.29 is 23.4 Å². The van der Waals surface area contributed by atoms with Crippen molar-refractivity contribution in [2.24, 2.45) is 0 Å². The second-order valence-electron chi connectivity index (χ2n) is 7.53. The van der Waals surface area contributed by atoms with Gasteiger partial charge in [-0.05, 0) is 29.7 Å². The molecule has 0 bridgehead atoms. The van der Waals surface area contributed by atoms with E-state index in [0.29, 0.717) is 6.54 Å². The van der Waals surface area contributed by atoms with Gasteiger partial charge in [0.1, 0.15) is 12.2 Å². The molecule has 0 aliphatic carbocycles. The van der Waals surface area contributed by atoms with Crippen LogP contribution in [0.3, 0.4) is 0 Å². The summed E-state index contributed by atoms with van der Waals surface area (Å²) in [6.45, 7) is 1.10. The molecule has 29 heavy (non-hydrogen) atoms. The molecule has 2 aromatic rings. The van der Waals surface area contributed by atoms with E-state index in [1.54, 1.807) is 18.2 Å². The first-order valence-electron chi connectivity index (χ1n) is 9.79. The highest BCUT2D eigenvalue weighted by atomic mass is 32.2. The van der Waals surface area contributed by atoms with Crippen molar-refractivity contribution in [1.29, 1.82) is 0 Å². The van der Waals surface area contributed by atoms with Gasteiger partial charge >= 0.3 is 0 Å². The highest BCUT2D eigenvalue weighted by Gasteiger charge is 2.46. The number of benzene rings is 2. The Morgan fingerprint density at radius 1 is 1.03 bits per heavy atom. The normalized spacial score (nSPS) is 27.7. The summed E-state index contributed by atoms with van der Waals surface area (Å²) >= 11 is 0. The molecule has 0 radical (unpaired) electrons. The Balaban J connectivity index is 1.51. The van der Waals surface area contributed by atoms with Gasteiger partial charge < -0.3 is 14.9 Å². The molecule has 2 heterocycles. The van der Waals surface area contributed by atoms with Crippen LogP contribution in [0.25, 0.3) is 0 Å². The first-order valence-corrected chi connectivity index (χ1v) is 11.3. The Hall–Kier alpha value is -1.81. The zero-order valence-corrected chi connectivity index (χ0v) is 16.8. The molecule has 156 valence electrons. The van der Waals surface area contributed by atoms with E-state index >= 15 is 0 Å². The molecule has 7 nitrogen and oxygen atoms in total. The average Bonchev–Trinajstić information content (AvgIpc) is 3.08. The van der Waals surface area contributed by atoms with Gasteiger partial charge in [0.15, 0.2) is 0 Å². The minimum Gasteiger partial charge on any atom is -0.394 e. The molecule has 0 spiro atoms. The molecule has 8 heteroatoms. The van der Waals surface area contributed by atoms with Gasteiger partial charge in [0.2, 0.25) is 10.0 Å². The molecule has 2 aromatic carbocycles. The van der Waals surface area contributed by atoms with Gasteiger partial charge in [-0.1, -0.05) is 42.5 Å². The van der Waals surface area contributed by atoms with Crippen molar-refractivity contribution in [3.05, 3.63) is 65.7 Å². The minimum atomic E-state index is -3.68. The quantitative estimate of drug-likeness (QED) is 0.632. The molecule has 2 aliphatic rings. The molecule has 1 fully saturated rings. The number of fused-ring (bicyclic) bond motifs is 1. The first-order chi connectivity index (χ1) is 14.0. The van der Waals surface area contributed by atoms with Gasteiger partial charge in [-0.2, -0.15) is 0 Å². The molecule has 4 atom stereocenters. The monoisotopic (exact) mass is 418 g/mol. The lowest BCUT2D eigenvalue weighted by molar-refractivity contribution is -0.0201. The number of hydrogen-bond acceptors (Lipinski definition) is 6. The van der Waals surface area contributed by atoms with Gasteiger partial charge in [-0.15, -0.1) is 0 Å². The van der Waals surface area contributed by atoms with Crippen LogP contribution in [0.4, 0.5) is 0 Å². The van der Waals surface area contributed by atoms with E-state index in [-0.39, 0.29) is 18.0 Å². The molecule has 1 saturated heterocycles. The molecule has 0 saturated carbocycles. The number of aliphatic hydroxyl groups is 2. The van der Waals surface area contributed by atoms with Crippen molar-refractivity contribution >= 4 is 10.0 Å². The van der Waals surface area contributed by atoms with E-state index in [4.69, 9.17) is 4.74 Å². The summed E-state index contributed by atoms with van der Waals surface area (Å²) in [5, 5.41) is 20.4. The van der Waals surface area contributed by atoms with Crippen LogP contribution in [-0.4, -0.2) is 67.6 Å². The fraction of sp³-hybridized carbons (Fsp3) is 0.429. The van der Waals surface area contributed by atoms with Crippen LogP contribution < -0.4 is 4.72 Å². The topological polar surface area (TPSA) is 99.1 Å². The maximum Gasteiger partial charge on any atom is 0.240 e. The minimum absolute atomic E-state index is 0.0214. The molecular formula is C21H26N2O5S. The number of rotatable bonds is 6. The molecule has 0 amide bonds. The largest absolute Gasteiger partial charge is 0.394 e. The summed E-state index contributed by atoms with van der Waals surface area (Å²) in [4.78, 5) is 2.31. The molecule has 2 aliphatic heterocycles. The number of nitrogens with zero attached hydrogens (tertiary/aromatic N) is 1. The zero-order chi connectivity index (χ0) is 20.4. The molecule has 4 rings (SSSR count). The predicted octanol–water partition coefficient (Wildman–Crippen LogP) is 0.512. The van der Waals surface area contributed by atoms with Crippen LogP contribution in [0.1, 0.15) is 11.1 Å². The highest BCUT2D eigenvalue weighted by molar-refractivity contribution is 7.89. The molecule has 4 unspecified atom stereocenters. The number of aliphatic hydroxyl groups excluding tert-OH is 2. The van der Waals surface area contributed by atoms with Crippen LogP contribution in [0, 0.1) is 0 Å². The van der Waals surface area contributed by atoms with Crippen LogP contribution in [0.5, 0.6) is 0 Å². The molecular weight excluding hydrogens is 392 g/mol. The van der Waals surface area contributed by atoms with Crippen LogP contribution in [0.2, 0.25) is 0 Å². The van der Waals surface area contributed by atoms with E-state index < -0.39 is 34.4 Å². The van der Waals surface area contributed by atoms with Gasteiger partial charge in [0.25, 0.3) is 0 Å². The van der Waals surface area contributed by atoms with E-state index in [1.807, 2.05) is 12.1 Å². The number of sulfonamides is 1. The number of nitrogens with one attached hydrogen (secondary N) is 1. The van der Waals surface area contributed by atoms with Crippen molar-refractivity contribution in [2.75, 3.05) is 19.7 Å². The molecule has 0 aromatic heterocycles. The lowest BCUT2D eigenvalue weighted by atomic mass is 9.95. The lowest BCUT2D eigenvalue weighted by Crippen LogP contribution is -2.52. The second kappa shape index (κ2) is 8.51. The predicted molar refractivity (Wildman–Crippen MR) is 108 cm³/mol. The van der Waals surface area contributed by atoms with Crippen LogP contribution in [-0.2, 0) is 27.7 Å². The third-order valence-electron chi connectivity index (χ3n) is 5.75. The second-order valence-corrected chi connectivity index (χ2v) is 9.30. The third-order valence-corrected chi connectivity index (χ3v) is 7.19. The summed E-state index contributed by atoms with van der Waals surface area (Å²) in [6.07, 6.45) is -1.34. The van der Waals surface area contributed by atoms with E-state index in [2.05, 4.69) is 21.8 Å². The fourth-order valence-corrected chi connectivity index (χ4v) is 5.31. The fourth-order valence-electron chi connectivity index (χ4n) is 4.24. The first kappa shape index (κ1) is 20.5. The van der Waals surface area contributed by atoms with Crippen molar-refractivity contribution in [3.63, 3.8) is 0 Å². The van der Waals surface area contributed by atoms with Crippen LogP contribution in [0.15, 0.2) is 59.5 Å². The Morgan fingerprint density at radius 3 is 2.45 bits per heavy atom. The molecule has 3 N–H and O–H groups in total. The van der Waals surface area contributed by atoms with E-state index in [9.17, 15) is 18.6 Å². The average molecular weight is 419 g/mol. The van der Waals surface area contributed by atoms with Crippen molar-refractivity contribution in [2.45, 2.75) is 42.2 Å². The van der Waals surface area contributed by atoms with Crippen molar-refractivity contribution in [1.82, 2.24) is 9.62 Å². The van der Waals surface area contributed by atoms with Gasteiger partial charge in [0.05, 0.1) is 23.6 Å². The Bertz CT molecular complexity index is 937. The van der Waals surface area contributed by atoms with Gasteiger partial charge in [0, 0.05) is 19.6 Å². The van der Waals surface area contributed by atoms with Crippen LogP contribution >= 0.6 is 0 Å². The maximum absolute atomic E-state index is 12.6. The highest BCUT2D eigenvalue weighted by Crippen LogP contribution is 2.30. The number of hydrogen-bond donors (Lipinski definition) is 3. The summed E-state index contributed by atoms with van der Waals surface area (Å²) in [6, 6.07) is 15.9. The third kappa shape index (κ3) is 4.23. The SMILES string of the molecule is O=S(=O)(NCC1OC(CO)C(O)C1N1CCc2ccccc2C1)c1ccccc1. The van der Waals surface area contributed by atoms with Crippen molar-refractivity contribution in [3.8, 4) is 0 Å². The standard InChI is InChI=1S/C21H26N2O5S/c24-14-19-21(25)20(23-11-10-15-6-4-5-7-16(15)13-23)18(28-19)12-22-29(26,27)17-8-2-1-3-9-17/h1-9,18-22,24-25H,10-14H2. The van der Waals surface area contributed by atoms with E-state index in [1.165, 1.54) is 23.3 Å². The van der Waals surface area contributed by atoms with E-state index in [0.717, 1.165) is 13.0 Å². The Morgan fingerprint density at radius 2 is 1.72 bits per heavy atom. The summed E-state index contributed by atoms with van der Waals surface area (Å²) in [5.41, 5.74) is 2.49. The Kier molecular flexibility index (Phi) is 6.00. The summed E-state index contributed by atoms with van der Waals surface area (Å²) in [7, 11) is -3.68. The number of ether oxygens (including phenoxy) is 1. The van der Waals surface area contributed by atoms with Gasteiger partial charge in [-0.25, -0.2) is 13.1 Å². The maximum atomic E-state index is 12.6.